The van der Waals surface area contributed by atoms with E-state index in [1.807, 2.05) is 0 Å². The predicted octanol–water partition coefficient (Wildman–Crippen LogP) is 2.11. The highest BCUT2D eigenvalue weighted by Crippen LogP contribution is 2.31. The molecular formula is C15H11F2NO4S. The predicted molar refractivity (Wildman–Crippen MR) is 82.2 cm³/mol. The molecular weight excluding hydrogens is 328 g/mol. The molecule has 0 aliphatic heterocycles. The molecule has 0 unspecified atom stereocenters. The van der Waals surface area contributed by atoms with Crippen molar-refractivity contribution < 1.29 is 23.0 Å². The molecule has 120 valence electrons. The Labute approximate surface area is 132 Å². The van der Waals surface area contributed by atoms with Crippen molar-refractivity contribution in [2.75, 3.05) is 13.7 Å². The normalized spacial score (nSPS) is 11.3. The van der Waals surface area contributed by atoms with Crippen molar-refractivity contribution in [2.45, 2.75) is 6.92 Å². The molecule has 3 rings (SSSR count). The number of carbonyl (C=O) groups excluding carboxylic acids is 1. The lowest BCUT2D eigenvalue weighted by Gasteiger charge is -2.16. The highest BCUT2D eigenvalue weighted by molar-refractivity contribution is 7.17. The van der Waals surface area contributed by atoms with Crippen molar-refractivity contribution in [3.63, 3.8) is 0 Å². The number of methoxy groups -OCH3 is 1. The van der Waals surface area contributed by atoms with Crippen LogP contribution in [0.5, 0.6) is 5.75 Å². The highest BCUT2D eigenvalue weighted by atomic mass is 32.1. The monoisotopic (exact) mass is 339 g/mol. The van der Waals surface area contributed by atoms with Crippen LogP contribution in [-0.4, -0.2) is 24.1 Å². The van der Waals surface area contributed by atoms with E-state index in [1.165, 1.54) is 11.5 Å². The molecule has 0 N–H and O–H groups in total. The average Bonchev–Trinajstić information content (AvgIpc) is 2.49. The molecule has 0 bridgehead atoms. The Morgan fingerprint density at radius 3 is 2.70 bits per heavy atom. The molecule has 2 heterocycles. The van der Waals surface area contributed by atoms with Crippen LogP contribution >= 0.6 is 11.3 Å². The van der Waals surface area contributed by atoms with E-state index in [0.717, 1.165) is 17.4 Å². The fraction of sp³-hybridized carbons (Fsp3) is 0.200. The highest BCUT2D eigenvalue weighted by Gasteiger charge is 2.27. The van der Waals surface area contributed by atoms with Crippen LogP contribution in [0.2, 0.25) is 0 Å². The van der Waals surface area contributed by atoms with E-state index in [1.54, 1.807) is 6.92 Å². The van der Waals surface area contributed by atoms with E-state index in [0.29, 0.717) is 4.66 Å². The summed E-state index contributed by atoms with van der Waals surface area (Å²) in [5.41, 5.74) is -0.907. The molecule has 2 aromatic heterocycles. The maximum absolute atomic E-state index is 14.0. The Bertz CT molecular complexity index is 1050. The molecule has 0 spiro atoms. The van der Waals surface area contributed by atoms with Gasteiger partial charge in [-0.15, -0.1) is 0 Å². The minimum absolute atomic E-state index is 0.0446. The van der Waals surface area contributed by atoms with Crippen LogP contribution in [0, 0.1) is 11.6 Å². The van der Waals surface area contributed by atoms with Gasteiger partial charge in [0.15, 0.2) is 11.6 Å². The number of ether oxygens (including phenoxy) is 2. The van der Waals surface area contributed by atoms with Crippen LogP contribution in [0.1, 0.15) is 17.3 Å². The lowest BCUT2D eigenvalue weighted by Crippen LogP contribution is -2.27. The molecule has 0 saturated heterocycles. The quantitative estimate of drug-likeness (QED) is 0.686. The molecule has 0 amide bonds. The van der Waals surface area contributed by atoms with Gasteiger partial charge in [-0.2, -0.15) is 4.39 Å². The number of esters is 1. The van der Waals surface area contributed by atoms with E-state index >= 15 is 0 Å². The van der Waals surface area contributed by atoms with Gasteiger partial charge in [-0.25, -0.2) is 9.18 Å². The second-order valence-electron chi connectivity index (χ2n) is 4.66. The van der Waals surface area contributed by atoms with Gasteiger partial charge in [0.2, 0.25) is 11.2 Å². The Morgan fingerprint density at radius 2 is 2.13 bits per heavy atom. The lowest BCUT2D eigenvalue weighted by molar-refractivity contribution is 0.0527. The van der Waals surface area contributed by atoms with Crippen molar-refractivity contribution >= 4 is 39.6 Å². The molecule has 0 atom stereocenters. The first kappa shape index (κ1) is 15.4. The Kier molecular flexibility index (Phi) is 3.56. The molecule has 1 aromatic carbocycles. The second kappa shape index (κ2) is 5.31. The van der Waals surface area contributed by atoms with Crippen molar-refractivity contribution in [1.82, 2.24) is 4.40 Å². The maximum Gasteiger partial charge on any atom is 0.345 e. The van der Waals surface area contributed by atoms with Gasteiger partial charge in [0.1, 0.15) is 15.9 Å². The molecule has 3 aromatic rings. The van der Waals surface area contributed by atoms with Gasteiger partial charge in [0.25, 0.3) is 0 Å². The molecule has 0 aliphatic rings. The van der Waals surface area contributed by atoms with Gasteiger partial charge in [0.05, 0.1) is 23.8 Å². The SMILES string of the molecule is C=c1sc2c(C(=O)OCC)c(=O)c3cc(F)c(F)c(OC)c3n12. The second-order valence-corrected chi connectivity index (χ2v) is 5.72. The van der Waals surface area contributed by atoms with Crippen molar-refractivity contribution in [3.8, 4) is 5.75 Å². The average molecular weight is 339 g/mol. The number of pyridine rings is 1. The zero-order valence-corrected chi connectivity index (χ0v) is 13.1. The summed E-state index contributed by atoms with van der Waals surface area (Å²) in [7, 11) is 1.17. The molecule has 0 fully saturated rings. The van der Waals surface area contributed by atoms with E-state index in [9.17, 15) is 18.4 Å². The topological polar surface area (TPSA) is 57.0 Å². The van der Waals surface area contributed by atoms with E-state index in [-0.39, 0.29) is 27.9 Å². The summed E-state index contributed by atoms with van der Waals surface area (Å²) < 4.78 is 39.4. The number of carbonyl (C=O) groups is 1. The summed E-state index contributed by atoms with van der Waals surface area (Å²) in [4.78, 5) is 24.9. The Hall–Kier alpha value is -2.48. The standard InChI is InChI=1S/C15H11F2NO4S/c1-4-22-15(20)9-12(19)7-5-8(16)10(17)13(21-3)11(7)18-6(2)23-14(9)18/h5H,2,4H2,1,3H3. The summed E-state index contributed by atoms with van der Waals surface area (Å²) in [5.74, 6) is -3.66. The number of aromatic nitrogens is 1. The van der Waals surface area contributed by atoms with Crippen LogP contribution in [-0.2, 0) is 4.74 Å². The first-order valence-electron chi connectivity index (χ1n) is 6.61. The number of hydrogen-bond acceptors (Lipinski definition) is 5. The number of hydrogen-bond donors (Lipinski definition) is 0. The Balaban J connectivity index is 2.56. The summed E-state index contributed by atoms with van der Waals surface area (Å²) in [6.07, 6.45) is 0. The largest absolute Gasteiger partial charge is 0.491 e. The minimum Gasteiger partial charge on any atom is -0.491 e. The van der Waals surface area contributed by atoms with Crippen LogP contribution in [0.25, 0.3) is 22.3 Å². The van der Waals surface area contributed by atoms with E-state index in [2.05, 4.69) is 6.58 Å². The molecule has 8 heteroatoms. The van der Waals surface area contributed by atoms with E-state index in [4.69, 9.17) is 9.47 Å². The number of benzene rings is 1. The number of rotatable bonds is 3. The van der Waals surface area contributed by atoms with Crippen LogP contribution in [0.3, 0.4) is 0 Å². The first-order valence-corrected chi connectivity index (χ1v) is 7.42. The molecule has 0 aliphatic carbocycles. The van der Waals surface area contributed by atoms with Crippen LogP contribution in [0.15, 0.2) is 10.9 Å². The molecule has 0 radical (unpaired) electrons. The zero-order chi connectivity index (χ0) is 16.9. The van der Waals surface area contributed by atoms with Gasteiger partial charge in [-0.3, -0.25) is 9.20 Å². The fourth-order valence-corrected chi connectivity index (χ4v) is 3.39. The van der Waals surface area contributed by atoms with Gasteiger partial charge < -0.3 is 9.47 Å². The number of nitrogens with zero attached hydrogens (tertiary/aromatic N) is 1. The summed E-state index contributed by atoms with van der Waals surface area (Å²) in [6.45, 7) is 5.45. The third-order valence-corrected chi connectivity index (χ3v) is 4.41. The van der Waals surface area contributed by atoms with E-state index < -0.39 is 28.8 Å². The minimum atomic E-state index is -1.24. The number of fused-ring (bicyclic) bond motifs is 3. The van der Waals surface area contributed by atoms with Crippen molar-refractivity contribution in [1.29, 1.82) is 0 Å². The summed E-state index contributed by atoms with van der Waals surface area (Å²) >= 11 is 1.09. The molecule has 23 heavy (non-hydrogen) atoms. The van der Waals surface area contributed by atoms with Crippen LogP contribution < -0.4 is 14.8 Å². The van der Waals surface area contributed by atoms with Gasteiger partial charge >= 0.3 is 5.97 Å². The summed E-state index contributed by atoms with van der Waals surface area (Å²) in [6, 6.07) is 0.752. The van der Waals surface area contributed by atoms with Gasteiger partial charge in [-0.05, 0) is 13.0 Å². The smallest absolute Gasteiger partial charge is 0.345 e. The van der Waals surface area contributed by atoms with Gasteiger partial charge in [-0.1, -0.05) is 17.9 Å². The summed E-state index contributed by atoms with van der Waals surface area (Å²) in [5, 5.41) is -0.172. The Morgan fingerprint density at radius 1 is 1.43 bits per heavy atom. The first-order chi connectivity index (χ1) is 10.9. The van der Waals surface area contributed by atoms with Gasteiger partial charge in [0, 0.05) is 0 Å². The molecule has 0 saturated carbocycles. The van der Waals surface area contributed by atoms with Crippen molar-refractivity contribution in [3.05, 3.63) is 38.2 Å². The third kappa shape index (κ3) is 2.02. The van der Waals surface area contributed by atoms with Crippen molar-refractivity contribution in [2.24, 2.45) is 0 Å². The maximum atomic E-state index is 14.0. The zero-order valence-electron chi connectivity index (χ0n) is 12.2. The number of halogens is 2. The third-order valence-electron chi connectivity index (χ3n) is 3.41. The fourth-order valence-electron chi connectivity index (χ4n) is 2.46. The molecule has 5 nitrogen and oxygen atoms in total. The van der Waals surface area contributed by atoms with Crippen LogP contribution in [0.4, 0.5) is 8.78 Å². The lowest BCUT2D eigenvalue weighted by atomic mass is 10.1.